The average molecular weight is 214 g/mol. The van der Waals surface area contributed by atoms with Gasteiger partial charge in [0.1, 0.15) is 11.8 Å². The average Bonchev–Trinajstić information content (AvgIpc) is 2.18. The Morgan fingerprint density at radius 2 is 1.80 bits per heavy atom. The topological polar surface area (TPSA) is 52.6 Å². The van der Waals surface area contributed by atoms with E-state index in [0.29, 0.717) is 6.61 Å². The summed E-state index contributed by atoms with van der Waals surface area (Å²) < 4.78 is 9.72. The molecule has 0 N–H and O–H groups in total. The Kier molecular flexibility index (Phi) is 6.42. The number of Topliss-reactive ketones (excluding diaryl/α,β-unsaturated/α-hetero) is 1. The predicted molar refractivity (Wildman–Crippen MR) is 56.2 cm³/mol. The summed E-state index contributed by atoms with van der Waals surface area (Å²) in [5.74, 6) is -1.13. The number of hydrogen-bond acceptors (Lipinski definition) is 4. The Bertz CT molecular complexity index is 253. The molecule has 0 aromatic carbocycles. The van der Waals surface area contributed by atoms with Crippen LogP contribution in [0.5, 0.6) is 0 Å². The van der Waals surface area contributed by atoms with Crippen LogP contribution < -0.4 is 0 Å². The number of ketones is 1. The summed E-state index contributed by atoms with van der Waals surface area (Å²) in [6, 6.07) is 0. The zero-order chi connectivity index (χ0) is 11.8. The van der Waals surface area contributed by atoms with Crippen LogP contribution in [0.15, 0.2) is 11.8 Å². The molecule has 0 spiro atoms. The molecule has 0 aromatic heterocycles. The highest BCUT2D eigenvalue weighted by Gasteiger charge is 2.22. The Hall–Kier alpha value is -1.32. The second-order valence-corrected chi connectivity index (χ2v) is 3.23. The van der Waals surface area contributed by atoms with Crippen molar-refractivity contribution in [3.05, 3.63) is 11.8 Å². The lowest BCUT2D eigenvalue weighted by Crippen LogP contribution is -2.20. The molecule has 0 heterocycles. The smallest absolute Gasteiger partial charge is 0.344 e. The molecule has 0 saturated heterocycles. The minimum absolute atomic E-state index is 0.0197. The van der Waals surface area contributed by atoms with E-state index in [9.17, 15) is 9.59 Å². The van der Waals surface area contributed by atoms with Crippen LogP contribution in [0.2, 0.25) is 0 Å². The Labute approximate surface area is 90.2 Å². The van der Waals surface area contributed by atoms with Crippen LogP contribution in [0.25, 0.3) is 0 Å². The van der Waals surface area contributed by atoms with Crippen molar-refractivity contribution in [3.63, 3.8) is 0 Å². The van der Waals surface area contributed by atoms with Gasteiger partial charge in [0, 0.05) is 5.92 Å². The number of ether oxygens (including phenoxy) is 2. The molecular weight excluding hydrogens is 196 g/mol. The highest BCUT2D eigenvalue weighted by atomic mass is 16.5. The Morgan fingerprint density at radius 3 is 2.20 bits per heavy atom. The fraction of sp³-hybridized carbons (Fsp3) is 0.636. The van der Waals surface area contributed by atoms with Crippen molar-refractivity contribution in [3.8, 4) is 0 Å². The number of carbonyl (C=O) groups is 2. The second kappa shape index (κ2) is 7.04. The fourth-order valence-corrected chi connectivity index (χ4v) is 0.893. The third-order valence-electron chi connectivity index (χ3n) is 1.65. The van der Waals surface area contributed by atoms with E-state index in [1.807, 2.05) is 0 Å². The molecule has 0 aliphatic heterocycles. The molecule has 0 saturated carbocycles. The van der Waals surface area contributed by atoms with Crippen LogP contribution in [-0.2, 0) is 19.1 Å². The molecule has 0 aromatic rings. The number of rotatable bonds is 6. The van der Waals surface area contributed by atoms with E-state index in [4.69, 9.17) is 9.47 Å². The number of carbonyl (C=O) groups excluding carboxylic acids is 2. The normalized spacial score (nSPS) is 11.4. The van der Waals surface area contributed by atoms with Crippen molar-refractivity contribution in [2.24, 2.45) is 5.92 Å². The van der Waals surface area contributed by atoms with Gasteiger partial charge in [-0.3, -0.25) is 4.79 Å². The minimum atomic E-state index is -0.621. The number of esters is 1. The highest BCUT2D eigenvalue weighted by Crippen LogP contribution is 2.08. The van der Waals surface area contributed by atoms with Crippen molar-refractivity contribution < 1.29 is 19.1 Å². The van der Waals surface area contributed by atoms with Crippen molar-refractivity contribution in [2.45, 2.75) is 27.7 Å². The second-order valence-electron chi connectivity index (χ2n) is 3.23. The summed E-state index contributed by atoms with van der Waals surface area (Å²) >= 11 is 0. The monoisotopic (exact) mass is 214 g/mol. The van der Waals surface area contributed by atoms with E-state index in [2.05, 4.69) is 0 Å². The fourth-order valence-electron chi connectivity index (χ4n) is 0.893. The quantitative estimate of drug-likeness (QED) is 0.222. The zero-order valence-corrected chi connectivity index (χ0v) is 9.70. The molecular formula is C11H18O4. The van der Waals surface area contributed by atoms with Crippen molar-refractivity contribution in [1.82, 2.24) is 0 Å². The molecule has 0 radical (unpaired) electrons. The molecule has 0 aliphatic carbocycles. The van der Waals surface area contributed by atoms with Gasteiger partial charge in [0.25, 0.3) is 0 Å². The maximum atomic E-state index is 11.6. The summed E-state index contributed by atoms with van der Waals surface area (Å²) in [5, 5.41) is 0. The van der Waals surface area contributed by atoms with Gasteiger partial charge in [0.05, 0.1) is 13.2 Å². The summed E-state index contributed by atoms with van der Waals surface area (Å²) in [6.45, 7) is 7.57. The van der Waals surface area contributed by atoms with E-state index in [0.717, 1.165) is 0 Å². The Morgan fingerprint density at radius 1 is 1.20 bits per heavy atom. The van der Waals surface area contributed by atoms with Crippen molar-refractivity contribution in [2.75, 3.05) is 13.2 Å². The van der Waals surface area contributed by atoms with Gasteiger partial charge in [0.2, 0.25) is 0 Å². The lowest BCUT2D eigenvalue weighted by molar-refractivity contribution is -0.140. The van der Waals surface area contributed by atoms with Crippen LogP contribution >= 0.6 is 0 Å². The first-order valence-electron chi connectivity index (χ1n) is 5.07. The first-order valence-corrected chi connectivity index (χ1v) is 5.07. The maximum absolute atomic E-state index is 11.6. The molecule has 86 valence electrons. The van der Waals surface area contributed by atoms with Crippen LogP contribution in [0.3, 0.4) is 0 Å². The van der Waals surface area contributed by atoms with E-state index < -0.39 is 5.97 Å². The van der Waals surface area contributed by atoms with Gasteiger partial charge in [-0.05, 0) is 13.8 Å². The van der Waals surface area contributed by atoms with E-state index in [1.54, 1.807) is 27.7 Å². The van der Waals surface area contributed by atoms with E-state index in [1.165, 1.54) is 6.26 Å². The lowest BCUT2D eigenvalue weighted by atomic mass is 10.0. The molecule has 4 nitrogen and oxygen atoms in total. The summed E-state index contributed by atoms with van der Waals surface area (Å²) in [5.41, 5.74) is -0.0197. The molecule has 0 amide bonds. The SMILES string of the molecule is CCO/C=C(\C(=O)OCC)C(=O)C(C)C. The van der Waals surface area contributed by atoms with Crippen LogP contribution in [0, 0.1) is 5.92 Å². The third-order valence-corrected chi connectivity index (χ3v) is 1.65. The molecule has 4 heteroatoms. The van der Waals surface area contributed by atoms with Crippen molar-refractivity contribution in [1.29, 1.82) is 0 Å². The predicted octanol–water partition coefficient (Wildman–Crippen LogP) is 1.70. The van der Waals surface area contributed by atoms with E-state index in [-0.39, 0.29) is 23.9 Å². The van der Waals surface area contributed by atoms with Crippen LogP contribution in [-0.4, -0.2) is 25.0 Å². The van der Waals surface area contributed by atoms with Gasteiger partial charge in [-0.25, -0.2) is 4.79 Å². The summed E-state index contributed by atoms with van der Waals surface area (Å²) in [6.07, 6.45) is 1.18. The first-order chi connectivity index (χ1) is 7.04. The van der Waals surface area contributed by atoms with Gasteiger partial charge in [-0.15, -0.1) is 0 Å². The number of hydrogen-bond donors (Lipinski definition) is 0. The lowest BCUT2D eigenvalue weighted by Gasteiger charge is -2.08. The first kappa shape index (κ1) is 13.7. The third kappa shape index (κ3) is 4.63. The maximum Gasteiger partial charge on any atom is 0.344 e. The highest BCUT2D eigenvalue weighted by molar-refractivity contribution is 6.17. The zero-order valence-electron chi connectivity index (χ0n) is 9.70. The van der Waals surface area contributed by atoms with Gasteiger partial charge in [0.15, 0.2) is 5.78 Å². The van der Waals surface area contributed by atoms with Gasteiger partial charge in [-0.2, -0.15) is 0 Å². The van der Waals surface area contributed by atoms with Gasteiger partial charge < -0.3 is 9.47 Å². The Balaban J connectivity index is 4.73. The molecule has 0 rings (SSSR count). The minimum Gasteiger partial charge on any atom is -0.500 e. The van der Waals surface area contributed by atoms with Crippen LogP contribution in [0.4, 0.5) is 0 Å². The largest absolute Gasteiger partial charge is 0.500 e. The molecule has 0 unspecified atom stereocenters. The molecule has 15 heavy (non-hydrogen) atoms. The molecule has 0 fully saturated rings. The van der Waals surface area contributed by atoms with Gasteiger partial charge >= 0.3 is 5.97 Å². The molecule has 0 bridgehead atoms. The molecule has 0 aliphatic rings. The van der Waals surface area contributed by atoms with Gasteiger partial charge in [-0.1, -0.05) is 13.8 Å². The van der Waals surface area contributed by atoms with Crippen LogP contribution in [0.1, 0.15) is 27.7 Å². The van der Waals surface area contributed by atoms with E-state index >= 15 is 0 Å². The standard InChI is InChI=1S/C11H18O4/c1-5-14-7-9(10(12)8(3)4)11(13)15-6-2/h7-8H,5-6H2,1-4H3/b9-7-. The summed E-state index contributed by atoms with van der Waals surface area (Å²) in [4.78, 5) is 23.0. The summed E-state index contributed by atoms with van der Waals surface area (Å²) in [7, 11) is 0. The molecule has 0 atom stereocenters. The van der Waals surface area contributed by atoms with Crippen molar-refractivity contribution >= 4 is 11.8 Å².